The summed E-state index contributed by atoms with van der Waals surface area (Å²) in [4.78, 5) is 11.6. The van der Waals surface area contributed by atoms with E-state index in [1.165, 1.54) is 24.2 Å². The molecule has 0 aliphatic carbocycles. The highest BCUT2D eigenvalue weighted by Crippen LogP contribution is 2.17. The number of aromatic nitrogens is 2. The van der Waals surface area contributed by atoms with E-state index < -0.39 is 0 Å². The molecule has 0 aliphatic heterocycles. The molecule has 0 aromatic carbocycles. The van der Waals surface area contributed by atoms with Gasteiger partial charge in [-0.15, -0.1) is 22.6 Å². The second-order valence-corrected chi connectivity index (χ2v) is 5.28. The van der Waals surface area contributed by atoms with Crippen LogP contribution in [0.15, 0.2) is 0 Å². The molecule has 0 unspecified atom stereocenters. The summed E-state index contributed by atoms with van der Waals surface area (Å²) in [6.45, 7) is 3.03. The summed E-state index contributed by atoms with van der Waals surface area (Å²) in [6, 6.07) is 0. The predicted octanol–water partition coefficient (Wildman–Crippen LogP) is 2.63. The molecule has 1 aromatic heterocycles. The van der Waals surface area contributed by atoms with Gasteiger partial charge in [0.15, 0.2) is 0 Å². The molecular formula is C12H23ClN4OS. The van der Waals surface area contributed by atoms with Gasteiger partial charge in [0.1, 0.15) is 5.01 Å². The monoisotopic (exact) mass is 306 g/mol. The predicted molar refractivity (Wildman–Crippen MR) is 82.2 cm³/mol. The molecule has 5 nitrogen and oxygen atoms in total. The van der Waals surface area contributed by atoms with E-state index in [4.69, 9.17) is 0 Å². The van der Waals surface area contributed by atoms with Gasteiger partial charge in [-0.1, -0.05) is 31.1 Å². The zero-order chi connectivity index (χ0) is 13.2. The van der Waals surface area contributed by atoms with Gasteiger partial charge in [-0.2, -0.15) is 0 Å². The summed E-state index contributed by atoms with van der Waals surface area (Å²) >= 11 is 1.48. The number of nitrogens with one attached hydrogen (secondary N) is 2. The molecule has 1 amide bonds. The van der Waals surface area contributed by atoms with E-state index >= 15 is 0 Å². The number of aryl methyl sites for hydroxylation is 1. The Kier molecular flexibility index (Phi) is 10.7. The largest absolute Gasteiger partial charge is 0.320 e. The lowest BCUT2D eigenvalue weighted by Crippen LogP contribution is -2.15. The maximum Gasteiger partial charge on any atom is 0.226 e. The molecule has 1 aromatic rings. The number of hydrogen-bond acceptors (Lipinski definition) is 5. The lowest BCUT2D eigenvalue weighted by Gasteiger charge is -2.00. The van der Waals surface area contributed by atoms with Crippen LogP contribution in [0.2, 0.25) is 0 Å². The molecule has 0 radical (unpaired) electrons. The van der Waals surface area contributed by atoms with Gasteiger partial charge in [0.05, 0.1) is 0 Å². The molecule has 0 fully saturated rings. The van der Waals surface area contributed by atoms with Gasteiger partial charge in [0.2, 0.25) is 11.0 Å². The standard InChI is InChI=1S/C12H22N4OS.ClH/c1-3-4-5-8-11-15-16-12(18-11)14-10(17)7-6-9-13-2;/h13H,3-9H2,1-2H3,(H,14,16,17);1H. The average Bonchev–Trinajstić information content (AvgIpc) is 2.77. The number of carbonyl (C=O) groups is 1. The maximum atomic E-state index is 11.6. The summed E-state index contributed by atoms with van der Waals surface area (Å²) in [5.41, 5.74) is 0. The van der Waals surface area contributed by atoms with E-state index in [2.05, 4.69) is 27.8 Å². The Bertz CT molecular complexity index is 359. The first-order valence-electron chi connectivity index (χ1n) is 6.53. The minimum Gasteiger partial charge on any atom is -0.320 e. The smallest absolute Gasteiger partial charge is 0.226 e. The van der Waals surface area contributed by atoms with Crippen molar-refractivity contribution in [1.29, 1.82) is 0 Å². The van der Waals surface area contributed by atoms with Crippen LogP contribution in [-0.2, 0) is 11.2 Å². The highest BCUT2D eigenvalue weighted by molar-refractivity contribution is 7.15. The maximum absolute atomic E-state index is 11.6. The summed E-state index contributed by atoms with van der Waals surface area (Å²) in [6.07, 6.45) is 5.87. The minimum absolute atomic E-state index is 0. The van der Waals surface area contributed by atoms with Crippen LogP contribution in [0.3, 0.4) is 0 Å². The van der Waals surface area contributed by atoms with Crippen molar-refractivity contribution in [3.05, 3.63) is 5.01 Å². The summed E-state index contributed by atoms with van der Waals surface area (Å²) in [7, 11) is 1.88. The fourth-order valence-corrected chi connectivity index (χ4v) is 2.34. The highest BCUT2D eigenvalue weighted by atomic mass is 35.5. The van der Waals surface area contributed by atoms with Crippen molar-refractivity contribution in [3.8, 4) is 0 Å². The van der Waals surface area contributed by atoms with Gasteiger partial charge in [0, 0.05) is 12.8 Å². The molecular weight excluding hydrogens is 284 g/mol. The summed E-state index contributed by atoms with van der Waals surface area (Å²) in [5.74, 6) is 0.0153. The molecule has 19 heavy (non-hydrogen) atoms. The van der Waals surface area contributed by atoms with E-state index in [0.29, 0.717) is 11.6 Å². The zero-order valence-corrected chi connectivity index (χ0v) is 13.2. The lowest BCUT2D eigenvalue weighted by atomic mass is 10.2. The van der Waals surface area contributed by atoms with E-state index in [1.807, 2.05) is 7.05 Å². The Labute approximate surface area is 125 Å². The normalized spacial score (nSPS) is 10.0. The van der Waals surface area contributed by atoms with Crippen molar-refractivity contribution in [3.63, 3.8) is 0 Å². The van der Waals surface area contributed by atoms with Crippen molar-refractivity contribution < 1.29 is 4.79 Å². The first-order valence-corrected chi connectivity index (χ1v) is 7.34. The Hall–Kier alpha value is -0.720. The number of hydrogen-bond donors (Lipinski definition) is 2. The molecule has 7 heteroatoms. The first kappa shape index (κ1) is 18.3. The number of carbonyl (C=O) groups excluding carboxylic acids is 1. The molecule has 0 bridgehead atoms. The van der Waals surface area contributed by atoms with Crippen LogP contribution in [0, 0.1) is 0 Å². The SMILES string of the molecule is CCCCCc1nnc(NC(=O)CCCNC)s1.Cl. The molecule has 0 aliphatic rings. The van der Waals surface area contributed by atoms with Crippen molar-refractivity contribution in [2.75, 3.05) is 18.9 Å². The van der Waals surface area contributed by atoms with Crippen LogP contribution < -0.4 is 10.6 Å². The molecule has 0 atom stereocenters. The Morgan fingerprint density at radius 3 is 2.74 bits per heavy atom. The number of nitrogens with zero attached hydrogens (tertiary/aromatic N) is 2. The van der Waals surface area contributed by atoms with Gasteiger partial charge in [-0.3, -0.25) is 4.79 Å². The summed E-state index contributed by atoms with van der Waals surface area (Å²) in [5, 5.41) is 15.5. The zero-order valence-electron chi connectivity index (χ0n) is 11.6. The van der Waals surface area contributed by atoms with E-state index in [-0.39, 0.29) is 18.3 Å². The Morgan fingerprint density at radius 1 is 1.26 bits per heavy atom. The van der Waals surface area contributed by atoms with Crippen molar-refractivity contribution in [1.82, 2.24) is 15.5 Å². The molecule has 1 rings (SSSR count). The average molecular weight is 307 g/mol. The van der Waals surface area contributed by atoms with Crippen LogP contribution in [0.1, 0.15) is 44.0 Å². The molecule has 0 spiro atoms. The number of amides is 1. The van der Waals surface area contributed by atoms with Crippen molar-refractivity contribution in [2.45, 2.75) is 45.4 Å². The van der Waals surface area contributed by atoms with E-state index in [9.17, 15) is 4.79 Å². The van der Waals surface area contributed by atoms with Crippen LogP contribution in [-0.4, -0.2) is 29.7 Å². The second kappa shape index (κ2) is 11.1. The molecule has 0 saturated carbocycles. The molecule has 2 N–H and O–H groups in total. The van der Waals surface area contributed by atoms with Gasteiger partial charge >= 0.3 is 0 Å². The number of rotatable bonds is 9. The Morgan fingerprint density at radius 2 is 2.05 bits per heavy atom. The van der Waals surface area contributed by atoms with Gasteiger partial charge < -0.3 is 10.6 Å². The number of halogens is 1. The van der Waals surface area contributed by atoms with E-state index in [0.717, 1.165) is 30.8 Å². The fourth-order valence-electron chi connectivity index (χ4n) is 1.54. The quantitative estimate of drug-likeness (QED) is 0.688. The molecule has 110 valence electrons. The van der Waals surface area contributed by atoms with Crippen molar-refractivity contribution in [2.24, 2.45) is 0 Å². The van der Waals surface area contributed by atoms with Crippen LogP contribution in [0.4, 0.5) is 5.13 Å². The third-order valence-corrected chi connectivity index (χ3v) is 3.44. The lowest BCUT2D eigenvalue weighted by molar-refractivity contribution is -0.116. The first-order chi connectivity index (χ1) is 8.76. The van der Waals surface area contributed by atoms with Gasteiger partial charge in [-0.25, -0.2) is 0 Å². The molecule has 1 heterocycles. The van der Waals surface area contributed by atoms with Gasteiger partial charge in [-0.05, 0) is 26.4 Å². The molecule has 0 saturated heterocycles. The third-order valence-electron chi connectivity index (χ3n) is 2.54. The van der Waals surface area contributed by atoms with Crippen LogP contribution in [0.25, 0.3) is 0 Å². The van der Waals surface area contributed by atoms with Crippen molar-refractivity contribution >= 4 is 34.8 Å². The number of unbranched alkanes of at least 4 members (excludes halogenated alkanes) is 2. The van der Waals surface area contributed by atoms with Crippen LogP contribution in [0.5, 0.6) is 0 Å². The fraction of sp³-hybridized carbons (Fsp3) is 0.750. The topological polar surface area (TPSA) is 66.9 Å². The number of anilines is 1. The highest BCUT2D eigenvalue weighted by Gasteiger charge is 2.07. The van der Waals surface area contributed by atoms with E-state index in [1.54, 1.807) is 0 Å². The van der Waals surface area contributed by atoms with Gasteiger partial charge in [0.25, 0.3) is 0 Å². The third kappa shape index (κ3) is 8.13. The van der Waals surface area contributed by atoms with Crippen LogP contribution >= 0.6 is 23.7 Å². The minimum atomic E-state index is 0. The summed E-state index contributed by atoms with van der Waals surface area (Å²) < 4.78 is 0. The Balaban J connectivity index is 0.00000324. The second-order valence-electron chi connectivity index (χ2n) is 4.21.